The van der Waals surface area contributed by atoms with Gasteiger partial charge < -0.3 is 18.9 Å². The first-order valence-electron chi connectivity index (χ1n) is 21.2. The lowest BCUT2D eigenvalue weighted by Gasteiger charge is -2.02. The molecule has 0 heterocycles. The Balaban J connectivity index is 0.000000966. The molecule has 4 rings (SSSR count). The zero-order valence-corrected chi connectivity index (χ0v) is 46.6. The molecule has 0 radical (unpaired) electrons. The molecule has 0 unspecified atom stereocenters. The molecule has 4 aromatic rings. The molecule has 0 atom stereocenters. The number of carbonyl (C=O) groups excluding carboxylic acids is 5. The van der Waals surface area contributed by atoms with Crippen LogP contribution < -0.4 is 0 Å². The Kier molecular flexibility index (Phi) is 29.5. The topological polar surface area (TPSA) is 379 Å². The van der Waals surface area contributed by atoms with Gasteiger partial charge in [-0.1, -0.05) is 54.1 Å². The number of aryl methyl sites for hydroxylation is 2. The minimum absolute atomic E-state index is 0.144. The van der Waals surface area contributed by atoms with Crippen LogP contribution in [-0.2, 0) is 92.1 Å². The normalized spacial score (nSPS) is 11.6. The summed E-state index contributed by atoms with van der Waals surface area (Å²) in [6.45, 7) is 6.63. The van der Waals surface area contributed by atoms with Crippen LogP contribution in [0.4, 0.5) is 11.4 Å². The van der Waals surface area contributed by atoms with E-state index in [9.17, 15) is 86.3 Å². The third kappa shape index (κ3) is 27.5. The zero-order valence-electron chi connectivity index (χ0n) is 42.5. The Hall–Kier alpha value is -8.32. The molecule has 0 spiro atoms. The summed E-state index contributed by atoms with van der Waals surface area (Å²) in [5.74, 6) is -3.35. The predicted molar refractivity (Wildman–Crippen MR) is 281 cm³/mol. The van der Waals surface area contributed by atoms with Crippen molar-refractivity contribution in [1.82, 2.24) is 0 Å². The third-order valence-corrected chi connectivity index (χ3v) is 14.7. The van der Waals surface area contributed by atoms with Crippen LogP contribution in [0.5, 0.6) is 0 Å². The number of esters is 4. The van der Waals surface area contributed by atoms with E-state index in [0.29, 0.717) is 28.5 Å². The number of nitro groups is 2. The number of nitrogens with zero attached hydrogens (tertiary/aromatic N) is 2. The highest BCUT2D eigenvalue weighted by molar-refractivity contribution is 7.95. The number of carbonyl (C=O) groups is 5. The second-order valence-corrected chi connectivity index (χ2v) is 23.7. The van der Waals surface area contributed by atoms with E-state index in [-0.39, 0.29) is 22.2 Å². The fourth-order valence-corrected chi connectivity index (χ4v) is 9.43. The van der Waals surface area contributed by atoms with Crippen molar-refractivity contribution in [2.75, 3.05) is 34.2 Å². The maximum atomic E-state index is 11.9. The molecular formula is C48H52N2O23S5. The summed E-state index contributed by atoms with van der Waals surface area (Å²) < 4.78 is 132. The van der Waals surface area contributed by atoms with E-state index in [2.05, 4.69) is 18.9 Å². The highest BCUT2D eigenvalue weighted by atomic mass is 32.2. The number of sulfone groups is 5. The maximum Gasteiger partial charge on any atom is 0.331 e. The van der Waals surface area contributed by atoms with Crippen molar-refractivity contribution < 1.29 is 94.9 Å². The monoisotopic (exact) mass is 1180 g/mol. The average molecular weight is 1190 g/mol. The number of methoxy groups -OCH3 is 3. The van der Waals surface area contributed by atoms with Gasteiger partial charge in [0.1, 0.15) is 9.79 Å². The first kappa shape index (κ1) is 69.7. The van der Waals surface area contributed by atoms with Gasteiger partial charge in [-0.15, -0.1) is 0 Å². The van der Waals surface area contributed by atoms with E-state index in [1.165, 1.54) is 62.6 Å². The Morgan fingerprint density at radius 3 is 1.24 bits per heavy atom. The Labute approximate surface area is 450 Å². The van der Waals surface area contributed by atoms with Crippen LogP contribution in [0, 0.1) is 34.1 Å². The first-order chi connectivity index (χ1) is 36.1. The van der Waals surface area contributed by atoms with Crippen molar-refractivity contribution in [2.24, 2.45) is 0 Å². The van der Waals surface area contributed by atoms with Crippen molar-refractivity contribution in [2.45, 2.75) is 47.3 Å². The highest BCUT2D eigenvalue weighted by Gasteiger charge is 2.25. The van der Waals surface area contributed by atoms with Crippen LogP contribution >= 0.6 is 0 Å². The van der Waals surface area contributed by atoms with Gasteiger partial charge in [0.2, 0.25) is 19.7 Å². The minimum Gasteiger partial charge on any atom is -0.466 e. The number of nitro benzene ring substituents is 2. The number of para-hydroxylation sites is 1. The van der Waals surface area contributed by atoms with Crippen molar-refractivity contribution in [1.29, 1.82) is 0 Å². The van der Waals surface area contributed by atoms with Crippen LogP contribution in [0.25, 0.3) is 0 Å². The second-order valence-electron chi connectivity index (χ2n) is 14.5. The molecule has 25 nitrogen and oxygen atoms in total. The Bertz CT molecular complexity index is 3510. The van der Waals surface area contributed by atoms with E-state index in [4.69, 9.17) is 0 Å². The van der Waals surface area contributed by atoms with E-state index in [1.807, 2.05) is 6.92 Å². The van der Waals surface area contributed by atoms with Gasteiger partial charge in [-0.05, 0) is 75.7 Å². The summed E-state index contributed by atoms with van der Waals surface area (Å²) in [6.07, 6.45) is 5.23. The van der Waals surface area contributed by atoms with Crippen molar-refractivity contribution in [3.63, 3.8) is 0 Å². The average Bonchev–Trinajstić information content (AvgIpc) is 3.38. The number of ether oxygens (including phenoxy) is 4. The van der Waals surface area contributed by atoms with E-state index in [1.54, 1.807) is 44.2 Å². The molecule has 422 valence electrons. The van der Waals surface area contributed by atoms with Crippen LogP contribution in [0.3, 0.4) is 0 Å². The van der Waals surface area contributed by atoms with Gasteiger partial charge in [-0.3, -0.25) is 25.0 Å². The number of rotatable bonds is 17. The quantitative estimate of drug-likeness (QED) is 0.0411. The summed E-state index contributed by atoms with van der Waals surface area (Å²) in [6, 6.07) is 22.8. The summed E-state index contributed by atoms with van der Waals surface area (Å²) in [5, 5.41) is 25.2. The molecule has 0 N–H and O–H groups in total. The molecule has 0 bridgehead atoms. The molecule has 0 saturated heterocycles. The van der Waals surface area contributed by atoms with Gasteiger partial charge in [0.25, 0.3) is 11.4 Å². The number of hydrogen-bond donors (Lipinski definition) is 0. The molecule has 4 aromatic carbocycles. The Morgan fingerprint density at radius 2 is 0.846 bits per heavy atom. The molecule has 30 heteroatoms. The number of allylic oxidation sites excluding steroid dienone is 1. The molecule has 0 aliphatic heterocycles. The van der Waals surface area contributed by atoms with Crippen molar-refractivity contribution in [3.05, 3.63) is 186 Å². The number of ketones is 1. The van der Waals surface area contributed by atoms with E-state index in [0.717, 1.165) is 78.7 Å². The fraction of sp³-hybridized carbons (Fsp3) is 0.188. The van der Waals surface area contributed by atoms with Gasteiger partial charge in [-0.25, -0.2) is 61.3 Å². The minimum atomic E-state index is -4.09. The lowest BCUT2D eigenvalue weighted by Crippen LogP contribution is -2.04. The molecule has 0 aromatic heterocycles. The molecule has 0 aliphatic carbocycles. The van der Waals surface area contributed by atoms with Crippen LogP contribution in [0.15, 0.2) is 174 Å². The molecule has 0 saturated carbocycles. The lowest BCUT2D eigenvalue weighted by atomic mass is 10.2. The van der Waals surface area contributed by atoms with Crippen LogP contribution in [0.1, 0.15) is 25.0 Å². The number of hydrogen-bond acceptors (Lipinski definition) is 23. The number of benzene rings is 4. The van der Waals surface area contributed by atoms with Gasteiger partial charge in [-0.2, -0.15) is 0 Å². The maximum absolute atomic E-state index is 11.9. The predicted octanol–water partition coefficient (Wildman–Crippen LogP) is 5.55. The molecular weight excluding hydrogens is 1130 g/mol. The highest BCUT2D eigenvalue weighted by Crippen LogP contribution is 2.27. The largest absolute Gasteiger partial charge is 0.466 e. The van der Waals surface area contributed by atoms with Gasteiger partial charge in [0, 0.05) is 69.7 Å². The molecule has 0 fully saturated rings. The summed E-state index contributed by atoms with van der Waals surface area (Å²) in [5.41, 5.74) is 0.432. The fourth-order valence-electron chi connectivity index (χ4n) is 4.68. The van der Waals surface area contributed by atoms with Crippen LogP contribution in [-0.4, -0.2) is 116 Å². The third-order valence-electron chi connectivity index (χ3n) is 8.38. The van der Waals surface area contributed by atoms with E-state index >= 15 is 0 Å². The van der Waals surface area contributed by atoms with Gasteiger partial charge >= 0.3 is 23.9 Å². The lowest BCUT2D eigenvalue weighted by molar-refractivity contribution is -0.388. The molecule has 0 aliphatic rings. The van der Waals surface area contributed by atoms with Crippen molar-refractivity contribution in [3.8, 4) is 0 Å². The summed E-state index contributed by atoms with van der Waals surface area (Å²) in [7, 11) is -15.0. The Morgan fingerprint density at radius 1 is 0.474 bits per heavy atom. The summed E-state index contributed by atoms with van der Waals surface area (Å²) >= 11 is 0. The van der Waals surface area contributed by atoms with E-state index < -0.39 is 104 Å². The van der Waals surface area contributed by atoms with Crippen LogP contribution in [0.2, 0.25) is 0 Å². The second kappa shape index (κ2) is 33.0. The smallest absolute Gasteiger partial charge is 0.331 e. The zero-order chi connectivity index (χ0) is 60.1. The molecule has 78 heavy (non-hydrogen) atoms. The summed E-state index contributed by atoms with van der Waals surface area (Å²) in [4.78, 5) is 72.8. The van der Waals surface area contributed by atoms with Crippen molar-refractivity contribution >= 4 is 90.2 Å². The van der Waals surface area contributed by atoms with Gasteiger partial charge in [0.15, 0.2) is 35.3 Å². The standard InChI is InChI=1S/C12H14O4S.C11H11NO6S.C10H9NO6S.C10H10O4S.C5H8O3S/c1-3-16-12(13)8-9-17(14,15)11-6-4-10(2)5-7-11;1-8-3-4-9(12(14)15)10(7-8)19(16,17)6-5-11(13)18-2;1-17-10(12)6-7-18(15,16)9-5-3-2-4-8(9)11(13)14;1-14-10(11)7-8-15(12,13)9-5-3-2-4-6-9;1-5(6)3-4-9(2,7)8/h4-9H,3H2,1-2H3;3-7H,1-2H3;2-7H,1H3;2-8H,1H3;3-4H,1-2H3/b9-8+;6-5+;7-6+;8-7+;4-3+. The SMILES string of the molecule is CC(=O)/C=C/S(C)(=O)=O.CCOC(=O)/C=C/S(=O)(=O)c1ccc(C)cc1.COC(=O)/C=C/S(=O)(=O)c1cc(C)ccc1[N+](=O)[O-].COC(=O)/C=C/S(=O)(=O)c1ccccc1.COC(=O)/C=C/S(=O)(=O)c1ccccc1[N+](=O)[O-]. The first-order valence-corrected chi connectivity index (χ1v) is 29.4. The van der Waals surface area contributed by atoms with Gasteiger partial charge in [0.05, 0.1) is 47.6 Å². The molecule has 0 amide bonds.